The number of carbonyl (C=O) groups excluding carboxylic acids is 4. The lowest BCUT2D eigenvalue weighted by atomic mass is 9.69. The molecule has 14 heteroatoms. The van der Waals surface area contributed by atoms with E-state index in [4.69, 9.17) is 4.74 Å². The second-order valence-electron chi connectivity index (χ2n) is 15.4. The fraction of sp³-hybridized carbons (Fsp3) is 0.750. The largest absolute Gasteiger partial charge is 0.452 e. The van der Waals surface area contributed by atoms with Crippen molar-refractivity contribution in [2.75, 3.05) is 24.7 Å². The number of nitrogens with zero attached hydrogens (tertiary/aromatic N) is 2. The van der Waals surface area contributed by atoms with E-state index in [-0.39, 0.29) is 57.4 Å². The Bertz CT molecular complexity index is 1510. The summed E-state index contributed by atoms with van der Waals surface area (Å²) < 4.78 is 57.5. The highest BCUT2D eigenvalue weighted by Crippen LogP contribution is 2.71. The molecule has 12 nitrogen and oxygen atoms in total. The monoisotopic (exact) mass is 681 g/mol. The molecule has 0 aromatic rings. The summed E-state index contributed by atoms with van der Waals surface area (Å²) in [7, 11) is -7.28. The second kappa shape index (κ2) is 10.9. The van der Waals surface area contributed by atoms with Gasteiger partial charge < -0.3 is 10.1 Å². The quantitative estimate of drug-likeness (QED) is 0.328. The van der Waals surface area contributed by atoms with E-state index in [1.165, 1.54) is 6.92 Å². The smallest absolute Gasteiger partial charge is 0.333 e. The maximum Gasteiger partial charge on any atom is 0.333 e. The molecule has 4 bridgehead atoms. The minimum Gasteiger partial charge on any atom is -0.452 e. The van der Waals surface area contributed by atoms with Crippen molar-refractivity contribution in [3.05, 3.63) is 24.3 Å². The van der Waals surface area contributed by atoms with E-state index >= 15 is 0 Å². The van der Waals surface area contributed by atoms with Crippen LogP contribution in [-0.2, 0) is 44.0 Å². The van der Waals surface area contributed by atoms with E-state index in [1.807, 2.05) is 0 Å². The fourth-order valence-corrected chi connectivity index (χ4v) is 15.0. The molecular formula is C32H47N3O9S2. The first kappa shape index (κ1) is 34.6. The van der Waals surface area contributed by atoms with Crippen LogP contribution in [0, 0.1) is 33.5 Å². The van der Waals surface area contributed by atoms with Crippen LogP contribution in [-0.4, -0.2) is 85.9 Å². The van der Waals surface area contributed by atoms with Crippen molar-refractivity contribution in [3.63, 3.8) is 0 Å². The Balaban J connectivity index is 0.000000181. The van der Waals surface area contributed by atoms with Gasteiger partial charge in [0.2, 0.25) is 26.0 Å². The lowest BCUT2D eigenvalue weighted by molar-refractivity contribution is -0.147. The Morgan fingerprint density at radius 1 is 0.761 bits per heavy atom. The van der Waals surface area contributed by atoms with E-state index < -0.39 is 50.3 Å². The van der Waals surface area contributed by atoms with Gasteiger partial charge in [0.25, 0.3) is 11.8 Å². The van der Waals surface area contributed by atoms with Crippen LogP contribution in [0.25, 0.3) is 0 Å². The molecule has 6 aliphatic rings. The van der Waals surface area contributed by atoms with Crippen LogP contribution in [0.3, 0.4) is 0 Å². The lowest BCUT2D eigenvalue weighted by Gasteiger charge is -2.37. The molecule has 0 aromatic carbocycles. The summed E-state index contributed by atoms with van der Waals surface area (Å²) in [4.78, 5) is 48.0. The second-order valence-corrected chi connectivity index (χ2v) is 19.1. The third kappa shape index (κ3) is 4.86. The van der Waals surface area contributed by atoms with Gasteiger partial charge in [0, 0.05) is 22.0 Å². The highest BCUT2D eigenvalue weighted by molar-refractivity contribution is 7.90. The molecule has 4 aliphatic carbocycles. The van der Waals surface area contributed by atoms with Crippen molar-refractivity contribution in [2.45, 2.75) is 92.2 Å². The number of fused-ring (bicyclic) bond motifs is 2. The number of esters is 1. The Morgan fingerprint density at radius 2 is 1.20 bits per heavy atom. The first-order valence-electron chi connectivity index (χ1n) is 15.9. The Kier molecular flexibility index (Phi) is 8.19. The molecule has 6 unspecified atom stereocenters. The Labute approximate surface area is 272 Å². The molecule has 3 amide bonds. The Hall–Kier alpha value is -2.74. The number of ether oxygens (including phenoxy) is 1. The number of sulfonamides is 2. The third-order valence-corrected chi connectivity index (χ3v) is 16.7. The summed E-state index contributed by atoms with van der Waals surface area (Å²) in [6.45, 7) is 17.6. The van der Waals surface area contributed by atoms with Gasteiger partial charge in [-0.3, -0.25) is 14.4 Å². The van der Waals surface area contributed by atoms with Crippen LogP contribution < -0.4 is 5.32 Å². The van der Waals surface area contributed by atoms with Gasteiger partial charge in [0.15, 0.2) is 6.61 Å². The van der Waals surface area contributed by atoms with Gasteiger partial charge in [-0.15, -0.1) is 0 Å². The van der Waals surface area contributed by atoms with Gasteiger partial charge in [0.05, 0.1) is 30.1 Å². The normalized spacial score (nSPS) is 35.9. The summed E-state index contributed by atoms with van der Waals surface area (Å²) >= 11 is 0. The number of hydrogen-bond donors (Lipinski definition) is 1. The average Bonchev–Trinajstić information content (AvgIpc) is 3.63. The zero-order valence-corrected chi connectivity index (χ0v) is 29.3. The maximum absolute atomic E-state index is 12.6. The molecule has 6 rings (SSSR count). The molecule has 46 heavy (non-hydrogen) atoms. The van der Waals surface area contributed by atoms with Gasteiger partial charge in [0.1, 0.15) is 0 Å². The predicted molar refractivity (Wildman–Crippen MR) is 170 cm³/mol. The van der Waals surface area contributed by atoms with Gasteiger partial charge in [-0.2, -0.15) is 0 Å². The average molecular weight is 682 g/mol. The van der Waals surface area contributed by atoms with Gasteiger partial charge in [-0.1, -0.05) is 40.9 Å². The van der Waals surface area contributed by atoms with Crippen molar-refractivity contribution in [1.29, 1.82) is 0 Å². The number of hydrogen-bond acceptors (Lipinski definition) is 9. The standard InChI is InChI=1S/C16H24N2O4S.C16H23NO5S/c1-10(2)14(20)17-8-13(19)18-12-7-11-5-6-16(12,15(11,3)4)9-23(18,21)22;1-10(2)14(19)22-8-13(18)17-12-7-11-5-6-16(12,15(11,3)4)9-23(17,20)21/h11-12H,1,5-9H2,2-4H3,(H,17,20);11-12H,1,5-9H2,2-4H3. The third-order valence-electron chi connectivity index (χ3n) is 12.8. The number of carbonyl (C=O) groups is 4. The molecule has 0 radical (unpaired) electrons. The summed E-state index contributed by atoms with van der Waals surface area (Å²) in [6.07, 6.45) is 5.21. The molecule has 6 atom stereocenters. The molecule has 256 valence electrons. The van der Waals surface area contributed by atoms with E-state index in [0.717, 1.165) is 40.7 Å². The summed E-state index contributed by atoms with van der Waals surface area (Å²) in [5.74, 6) is -1.33. The maximum atomic E-state index is 12.6. The molecule has 2 saturated heterocycles. The molecule has 2 spiro atoms. The first-order chi connectivity index (χ1) is 21.1. The van der Waals surface area contributed by atoms with Crippen molar-refractivity contribution < 1.29 is 40.8 Å². The van der Waals surface area contributed by atoms with E-state index in [9.17, 15) is 36.0 Å². The number of nitrogens with one attached hydrogen (secondary N) is 1. The zero-order chi connectivity index (χ0) is 34.4. The van der Waals surface area contributed by atoms with Gasteiger partial charge in [-0.05, 0) is 75.0 Å². The van der Waals surface area contributed by atoms with Gasteiger partial charge >= 0.3 is 5.97 Å². The van der Waals surface area contributed by atoms with Crippen LogP contribution in [0.4, 0.5) is 0 Å². The van der Waals surface area contributed by atoms with Crippen molar-refractivity contribution in [3.8, 4) is 0 Å². The van der Waals surface area contributed by atoms with E-state index in [0.29, 0.717) is 23.8 Å². The summed E-state index contributed by atoms with van der Waals surface area (Å²) in [6, 6.07) is -0.548. The summed E-state index contributed by atoms with van der Waals surface area (Å²) in [5, 5.41) is 2.44. The molecule has 2 heterocycles. The number of amides is 3. The minimum atomic E-state index is -3.66. The molecular weight excluding hydrogens is 634 g/mol. The van der Waals surface area contributed by atoms with Crippen LogP contribution >= 0.6 is 0 Å². The predicted octanol–water partition coefficient (Wildman–Crippen LogP) is 2.52. The molecule has 0 aromatic heterocycles. The fourth-order valence-electron chi connectivity index (χ4n) is 9.93. The minimum absolute atomic E-state index is 0.0222. The summed E-state index contributed by atoms with van der Waals surface area (Å²) in [5.41, 5.74) is -0.372. The Morgan fingerprint density at radius 3 is 1.59 bits per heavy atom. The molecule has 4 saturated carbocycles. The van der Waals surface area contributed by atoms with Crippen LogP contribution in [0.5, 0.6) is 0 Å². The number of rotatable bonds is 6. The van der Waals surface area contributed by atoms with E-state index in [1.54, 1.807) is 6.92 Å². The van der Waals surface area contributed by atoms with Gasteiger partial charge in [-0.25, -0.2) is 30.2 Å². The van der Waals surface area contributed by atoms with Crippen LogP contribution in [0.1, 0.15) is 80.1 Å². The van der Waals surface area contributed by atoms with Crippen molar-refractivity contribution in [1.82, 2.24) is 13.9 Å². The molecule has 2 aliphatic heterocycles. The molecule has 6 fully saturated rings. The highest BCUT2D eigenvalue weighted by atomic mass is 32.2. The van der Waals surface area contributed by atoms with Crippen LogP contribution in [0.15, 0.2) is 24.3 Å². The van der Waals surface area contributed by atoms with Crippen LogP contribution in [0.2, 0.25) is 0 Å². The highest BCUT2D eigenvalue weighted by Gasteiger charge is 2.73. The lowest BCUT2D eigenvalue weighted by Crippen LogP contribution is -2.47. The zero-order valence-electron chi connectivity index (χ0n) is 27.7. The SMILES string of the molecule is C=C(C)C(=O)NCC(=O)N1C2CC3CCC2(CS1(=O)=O)C3(C)C.C=C(C)C(=O)OCC(=O)N1C2CC3CCC2(CS1(=O)=O)C3(C)C. The van der Waals surface area contributed by atoms with Crippen molar-refractivity contribution in [2.24, 2.45) is 33.5 Å². The topological polar surface area (TPSA) is 164 Å². The first-order valence-corrected chi connectivity index (χ1v) is 19.1. The van der Waals surface area contributed by atoms with E-state index in [2.05, 4.69) is 46.2 Å². The van der Waals surface area contributed by atoms with Crippen molar-refractivity contribution >= 4 is 43.7 Å². The molecule has 1 N–H and O–H groups in total.